The number of aromatic amines is 1. The van der Waals surface area contributed by atoms with Gasteiger partial charge < -0.3 is 19.9 Å². The summed E-state index contributed by atoms with van der Waals surface area (Å²) >= 11 is 0. The molecule has 0 bridgehead atoms. The number of anilines is 3. The smallest absolute Gasteiger partial charge is 0.235 e. The first kappa shape index (κ1) is 21.1. The van der Waals surface area contributed by atoms with E-state index in [0.29, 0.717) is 35.8 Å². The van der Waals surface area contributed by atoms with Crippen LogP contribution in [0.5, 0.6) is 5.88 Å². The van der Waals surface area contributed by atoms with Gasteiger partial charge in [0, 0.05) is 18.3 Å². The third kappa shape index (κ3) is 5.67. The van der Waals surface area contributed by atoms with Gasteiger partial charge >= 0.3 is 0 Å². The Labute approximate surface area is 177 Å². The first-order valence-electron chi connectivity index (χ1n) is 8.83. The number of halogens is 2. The number of hydrogen-bond donors (Lipinski definition) is 3. The lowest BCUT2D eigenvalue weighted by Gasteiger charge is -2.05. The zero-order chi connectivity index (χ0) is 20.1. The standard InChI is InChI=1S/C19H18FN7O2.ClH/c1-12-7-15(29-27-12)10-22-19-21-6-5-16(24-19)23-17-9-18(26-25-17)28-11-13-3-2-4-14(20)8-13;/h2-9H,10-11H2,1H3,(H3,21,22,23,24,25,26);1H. The first-order valence-corrected chi connectivity index (χ1v) is 8.83. The van der Waals surface area contributed by atoms with E-state index >= 15 is 0 Å². The van der Waals surface area contributed by atoms with Gasteiger partial charge in [-0.15, -0.1) is 17.5 Å². The topological polar surface area (TPSA) is 114 Å². The summed E-state index contributed by atoms with van der Waals surface area (Å²) in [5.74, 6) is 2.36. The van der Waals surface area contributed by atoms with Gasteiger partial charge in [-0.2, -0.15) is 4.98 Å². The Bertz CT molecular complexity index is 1100. The summed E-state index contributed by atoms with van der Waals surface area (Å²) in [5, 5.41) is 16.9. The van der Waals surface area contributed by atoms with Crippen LogP contribution in [0.4, 0.5) is 22.0 Å². The number of nitrogens with zero attached hydrogens (tertiary/aromatic N) is 4. The van der Waals surface area contributed by atoms with Crippen molar-refractivity contribution in [2.24, 2.45) is 0 Å². The molecule has 0 saturated heterocycles. The lowest BCUT2D eigenvalue weighted by Crippen LogP contribution is -2.04. The van der Waals surface area contributed by atoms with E-state index in [1.807, 2.05) is 13.0 Å². The quantitative estimate of drug-likeness (QED) is 0.383. The van der Waals surface area contributed by atoms with Crippen LogP contribution in [0.2, 0.25) is 0 Å². The lowest BCUT2D eigenvalue weighted by molar-refractivity contribution is 0.293. The van der Waals surface area contributed by atoms with E-state index in [9.17, 15) is 4.39 Å². The lowest BCUT2D eigenvalue weighted by atomic mass is 10.2. The maximum Gasteiger partial charge on any atom is 0.235 e. The molecule has 0 atom stereocenters. The Kier molecular flexibility index (Phi) is 6.81. The molecule has 3 heterocycles. The van der Waals surface area contributed by atoms with Crippen LogP contribution in [-0.4, -0.2) is 25.3 Å². The SMILES string of the molecule is Cc1cc(CNc2nccc(Nc3cc(OCc4cccc(F)c4)n[nH]3)n2)on1.Cl. The molecule has 3 N–H and O–H groups in total. The normalized spacial score (nSPS) is 10.3. The molecule has 0 unspecified atom stereocenters. The maximum absolute atomic E-state index is 13.2. The molecule has 0 radical (unpaired) electrons. The summed E-state index contributed by atoms with van der Waals surface area (Å²) in [7, 11) is 0. The Morgan fingerprint density at radius 2 is 2.10 bits per heavy atom. The van der Waals surface area contributed by atoms with Gasteiger partial charge in [0.05, 0.1) is 12.2 Å². The van der Waals surface area contributed by atoms with Gasteiger partial charge in [-0.25, -0.2) is 9.37 Å². The molecule has 156 valence electrons. The van der Waals surface area contributed by atoms with E-state index in [-0.39, 0.29) is 24.8 Å². The van der Waals surface area contributed by atoms with Crippen molar-refractivity contribution in [3.63, 3.8) is 0 Å². The zero-order valence-corrected chi connectivity index (χ0v) is 16.7. The molecule has 0 amide bonds. The largest absolute Gasteiger partial charge is 0.472 e. The third-order valence-electron chi connectivity index (χ3n) is 3.85. The highest BCUT2D eigenvalue weighted by atomic mass is 35.5. The van der Waals surface area contributed by atoms with Crippen LogP contribution in [-0.2, 0) is 13.2 Å². The highest BCUT2D eigenvalue weighted by molar-refractivity contribution is 5.85. The average Bonchev–Trinajstić information content (AvgIpc) is 3.34. The number of rotatable bonds is 8. The Hall–Kier alpha value is -3.66. The highest BCUT2D eigenvalue weighted by Crippen LogP contribution is 2.19. The molecular formula is C19H19ClFN7O2. The van der Waals surface area contributed by atoms with Crippen molar-refractivity contribution in [1.82, 2.24) is 25.3 Å². The van der Waals surface area contributed by atoms with Crippen LogP contribution in [0.3, 0.4) is 0 Å². The molecule has 0 aliphatic carbocycles. The molecule has 30 heavy (non-hydrogen) atoms. The fourth-order valence-electron chi connectivity index (χ4n) is 2.54. The van der Waals surface area contributed by atoms with Crippen LogP contribution in [0.1, 0.15) is 17.0 Å². The second-order valence-corrected chi connectivity index (χ2v) is 6.22. The second-order valence-electron chi connectivity index (χ2n) is 6.22. The van der Waals surface area contributed by atoms with Crippen LogP contribution < -0.4 is 15.4 Å². The van der Waals surface area contributed by atoms with Crippen LogP contribution >= 0.6 is 12.4 Å². The van der Waals surface area contributed by atoms with Gasteiger partial charge in [-0.1, -0.05) is 17.3 Å². The van der Waals surface area contributed by atoms with Gasteiger partial charge in [0.25, 0.3) is 0 Å². The molecule has 0 saturated carbocycles. The van der Waals surface area contributed by atoms with E-state index in [4.69, 9.17) is 9.26 Å². The minimum absolute atomic E-state index is 0. The Morgan fingerprint density at radius 3 is 2.90 bits per heavy atom. The van der Waals surface area contributed by atoms with Crippen molar-refractivity contribution >= 4 is 30.0 Å². The zero-order valence-electron chi connectivity index (χ0n) is 15.9. The van der Waals surface area contributed by atoms with E-state index in [2.05, 4.69) is 36.0 Å². The van der Waals surface area contributed by atoms with E-state index in [0.717, 1.165) is 11.3 Å². The number of ether oxygens (including phenoxy) is 1. The Balaban J connectivity index is 0.00000256. The minimum Gasteiger partial charge on any atom is -0.472 e. The molecule has 9 nitrogen and oxygen atoms in total. The molecular weight excluding hydrogens is 413 g/mol. The van der Waals surface area contributed by atoms with Gasteiger partial charge in [-0.3, -0.25) is 5.10 Å². The molecule has 0 fully saturated rings. The molecule has 0 aliphatic heterocycles. The monoisotopic (exact) mass is 431 g/mol. The number of nitrogens with one attached hydrogen (secondary N) is 3. The summed E-state index contributed by atoms with van der Waals surface area (Å²) in [6.45, 7) is 2.49. The van der Waals surface area contributed by atoms with Crippen molar-refractivity contribution in [3.8, 4) is 5.88 Å². The van der Waals surface area contributed by atoms with Crippen molar-refractivity contribution in [2.75, 3.05) is 10.6 Å². The van der Waals surface area contributed by atoms with Gasteiger partial charge in [0.1, 0.15) is 24.1 Å². The summed E-state index contributed by atoms with van der Waals surface area (Å²) in [4.78, 5) is 8.55. The van der Waals surface area contributed by atoms with Gasteiger partial charge in [0.15, 0.2) is 5.76 Å². The van der Waals surface area contributed by atoms with Crippen LogP contribution in [0.15, 0.2) is 53.2 Å². The summed E-state index contributed by atoms with van der Waals surface area (Å²) in [5.41, 5.74) is 1.53. The molecule has 4 rings (SSSR count). The second kappa shape index (κ2) is 9.70. The molecule has 0 spiro atoms. The predicted octanol–water partition coefficient (Wildman–Crippen LogP) is 3.99. The number of H-pyrrole nitrogens is 1. The first-order chi connectivity index (χ1) is 14.1. The fourth-order valence-corrected chi connectivity index (χ4v) is 2.54. The number of benzene rings is 1. The van der Waals surface area contributed by atoms with Gasteiger partial charge in [0.2, 0.25) is 11.8 Å². The van der Waals surface area contributed by atoms with Crippen LogP contribution in [0.25, 0.3) is 0 Å². The van der Waals surface area contributed by atoms with E-state index < -0.39 is 0 Å². The molecule has 11 heteroatoms. The summed E-state index contributed by atoms with van der Waals surface area (Å²) in [6, 6.07) is 11.5. The van der Waals surface area contributed by atoms with E-state index in [1.165, 1.54) is 12.1 Å². The van der Waals surface area contributed by atoms with Crippen molar-refractivity contribution in [2.45, 2.75) is 20.1 Å². The number of aromatic nitrogens is 5. The van der Waals surface area contributed by atoms with Crippen LogP contribution in [0, 0.1) is 12.7 Å². The van der Waals surface area contributed by atoms with Gasteiger partial charge in [-0.05, 0) is 30.7 Å². The average molecular weight is 432 g/mol. The van der Waals surface area contributed by atoms with Crippen molar-refractivity contribution in [3.05, 3.63) is 71.5 Å². The fraction of sp³-hybridized carbons (Fsp3) is 0.158. The highest BCUT2D eigenvalue weighted by Gasteiger charge is 2.06. The molecule has 0 aliphatic rings. The third-order valence-corrected chi connectivity index (χ3v) is 3.85. The van der Waals surface area contributed by atoms with E-state index in [1.54, 1.807) is 30.5 Å². The number of hydrogen-bond acceptors (Lipinski definition) is 8. The van der Waals surface area contributed by atoms with Crippen molar-refractivity contribution < 1.29 is 13.7 Å². The molecule has 4 aromatic rings. The summed E-state index contributed by atoms with van der Waals surface area (Å²) in [6.07, 6.45) is 1.63. The summed E-state index contributed by atoms with van der Waals surface area (Å²) < 4.78 is 23.9. The number of aryl methyl sites for hydroxylation is 1. The maximum atomic E-state index is 13.2. The molecule has 3 aromatic heterocycles. The molecule has 1 aromatic carbocycles. The predicted molar refractivity (Wildman–Crippen MR) is 110 cm³/mol. The minimum atomic E-state index is -0.304. The Morgan fingerprint density at radius 1 is 1.20 bits per heavy atom. The van der Waals surface area contributed by atoms with Crippen molar-refractivity contribution in [1.29, 1.82) is 0 Å².